The van der Waals surface area contributed by atoms with Crippen molar-refractivity contribution in [2.24, 2.45) is 0 Å². The van der Waals surface area contributed by atoms with Gasteiger partial charge in [0.1, 0.15) is 5.82 Å². The zero-order valence-electron chi connectivity index (χ0n) is 11.7. The van der Waals surface area contributed by atoms with Crippen LogP contribution in [0.3, 0.4) is 0 Å². The van der Waals surface area contributed by atoms with Crippen LogP contribution in [0.25, 0.3) is 12.3 Å². The number of imidazole rings is 1. The summed E-state index contributed by atoms with van der Waals surface area (Å²) in [5.41, 5.74) is 2.27. The second kappa shape index (κ2) is 10.2. The lowest BCUT2D eigenvalue weighted by molar-refractivity contribution is 0.959. The summed E-state index contributed by atoms with van der Waals surface area (Å²) in [6, 6.07) is 0. The van der Waals surface area contributed by atoms with E-state index in [2.05, 4.69) is 25.1 Å². The van der Waals surface area contributed by atoms with E-state index in [4.69, 9.17) is 0 Å². The Hall–Kier alpha value is -1.31. The number of hydrogen-bond acceptors (Lipinski definition) is 1. The molecule has 92 valence electrons. The van der Waals surface area contributed by atoms with Gasteiger partial charge in [0.2, 0.25) is 0 Å². The Bertz CT molecular complexity index is 309. The minimum Gasteiger partial charge on any atom is -0.304 e. The van der Waals surface area contributed by atoms with Gasteiger partial charge in [-0.25, -0.2) is 4.98 Å². The van der Waals surface area contributed by atoms with Gasteiger partial charge in [0, 0.05) is 11.9 Å². The predicted octanol–water partition coefficient (Wildman–Crippen LogP) is 4.55. The molecule has 0 saturated heterocycles. The molecule has 0 aliphatic rings. The highest BCUT2D eigenvalue weighted by Gasteiger charge is 2.07. The number of rotatable bonds is 3. The minimum atomic E-state index is 0.874. The molecule has 0 amide bonds. The van der Waals surface area contributed by atoms with Gasteiger partial charge in [-0.3, -0.25) is 0 Å². The van der Waals surface area contributed by atoms with Crippen LogP contribution in [0.2, 0.25) is 0 Å². The smallest absolute Gasteiger partial charge is 0.136 e. The summed E-state index contributed by atoms with van der Waals surface area (Å²) in [7, 11) is 0. The number of nitrogens with zero attached hydrogens (tertiary/aromatic N) is 2. The first-order valence-corrected chi connectivity index (χ1v) is 6.07. The number of aryl methyl sites for hydroxylation is 1. The van der Waals surface area contributed by atoms with Gasteiger partial charge in [0.15, 0.2) is 0 Å². The summed E-state index contributed by atoms with van der Waals surface area (Å²) >= 11 is 0. The van der Waals surface area contributed by atoms with E-state index < -0.39 is 0 Å². The Labute approximate surface area is 101 Å². The van der Waals surface area contributed by atoms with Crippen molar-refractivity contribution in [1.82, 2.24) is 9.55 Å². The zero-order chi connectivity index (χ0) is 13.1. The van der Waals surface area contributed by atoms with Crippen LogP contribution in [0.1, 0.15) is 51.8 Å². The van der Waals surface area contributed by atoms with Gasteiger partial charge >= 0.3 is 0 Å². The molecule has 1 rings (SSSR count). The molecule has 0 aliphatic heterocycles. The van der Waals surface area contributed by atoms with Crippen LogP contribution in [0, 0.1) is 6.92 Å². The zero-order valence-corrected chi connectivity index (χ0v) is 11.7. The highest BCUT2D eigenvalue weighted by molar-refractivity contribution is 5.45. The van der Waals surface area contributed by atoms with Crippen molar-refractivity contribution < 1.29 is 0 Å². The Morgan fingerprint density at radius 1 is 1.19 bits per heavy atom. The molecule has 2 heteroatoms. The van der Waals surface area contributed by atoms with Crippen LogP contribution in [0.15, 0.2) is 13.2 Å². The molecule has 0 unspecified atom stereocenters. The summed E-state index contributed by atoms with van der Waals surface area (Å²) in [5.74, 6) is 0.874. The normalized spacial score (nSPS) is 8.12. The molecule has 0 spiro atoms. The molecule has 0 aromatic carbocycles. The summed E-state index contributed by atoms with van der Waals surface area (Å²) in [4.78, 5) is 4.34. The highest BCUT2D eigenvalue weighted by Crippen LogP contribution is 2.12. The lowest BCUT2D eigenvalue weighted by Gasteiger charge is -2.01. The first-order valence-electron chi connectivity index (χ1n) is 6.07. The lowest BCUT2D eigenvalue weighted by atomic mass is 10.3. The number of hydrogen-bond donors (Lipinski definition) is 0. The molecule has 0 saturated carbocycles. The minimum absolute atomic E-state index is 0.874. The van der Waals surface area contributed by atoms with E-state index in [0.717, 1.165) is 17.9 Å². The molecule has 0 bridgehead atoms. The Morgan fingerprint density at radius 3 is 2.00 bits per heavy atom. The molecule has 0 N–H and O–H groups in total. The van der Waals surface area contributed by atoms with Crippen LogP contribution in [0.4, 0.5) is 0 Å². The molecule has 1 aromatic rings. The van der Waals surface area contributed by atoms with Crippen molar-refractivity contribution in [3.8, 4) is 0 Å². The van der Waals surface area contributed by atoms with E-state index >= 15 is 0 Å². The summed E-state index contributed by atoms with van der Waals surface area (Å²) < 4.78 is 1.97. The Morgan fingerprint density at radius 2 is 1.69 bits per heavy atom. The number of aromatic nitrogens is 2. The maximum Gasteiger partial charge on any atom is 0.136 e. The molecule has 0 atom stereocenters. The fourth-order valence-corrected chi connectivity index (χ4v) is 1.38. The van der Waals surface area contributed by atoms with Crippen LogP contribution in [0.5, 0.6) is 0 Å². The second-order valence-corrected chi connectivity index (χ2v) is 2.61. The standard InChI is InChI=1S/C10H14N2.2C2H6/c1-5-9-8(4)11-10(6-2)12(9)7-3;2*1-2/h6-7H,2-3,5H2,1,4H3;2*1-2H3. The van der Waals surface area contributed by atoms with Gasteiger partial charge in [-0.05, 0) is 19.4 Å². The van der Waals surface area contributed by atoms with Crippen molar-refractivity contribution in [3.05, 3.63) is 30.4 Å². The molecular formula is C14H26N2. The fraction of sp³-hybridized carbons (Fsp3) is 0.500. The molecular weight excluding hydrogens is 196 g/mol. The third kappa shape index (κ3) is 4.05. The maximum absolute atomic E-state index is 4.34. The largest absolute Gasteiger partial charge is 0.304 e. The fourth-order valence-electron chi connectivity index (χ4n) is 1.38. The van der Waals surface area contributed by atoms with E-state index in [1.54, 1.807) is 12.3 Å². The predicted molar refractivity (Wildman–Crippen MR) is 75.5 cm³/mol. The van der Waals surface area contributed by atoms with Gasteiger partial charge in [-0.2, -0.15) is 0 Å². The topological polar surface area (TPSA) is 17.8 Å². The summed E-state index contributed by atoms with van der Waals surface area (Å²) in [6.07, 6.45) is 4.49. The third-order valence-electron chi connectivity index (χ3n) is 1.94. The first kappa shape index (κ1) is 17.1. The quantitative estimate of drug-likeness (QED) is 0.733. The van der Waals surface area contributed by atoms with Crippen molar-refractivity contribution in [3.63, 3.8) is 0 Å². The lowest BCUT2D eigenvalue weighted by Crippen LogP contribution is -1.95. The van der Waals surface area contributed by atoms with Crippen molar-refractivity contribution >= 4 is 12.3 Å². The molecule has 0 radical (unpaired) electrons. The van der Waals surface area contributed by atoms with E-state index in [0.29, 0.717) is 0 Å². The van der Waals surface area contributed by atoms with Crippen LogP contribution < -0.4 is 0 Å². The van der Waals surface area contributed by atoms with Gasteiger partial charge in [-0.15, -0.1) is 0 Å². The van der Waals surface area contributed by atoms with Crippen LogP contribution in [-0.2, 0) is 6.42 Å². The van der Waals surface area contributed by atoms with Gasteiger partial charge in [-0.1, -0.05) is 47.8 Å². The van der Waals surface area contributed by atoms with Gasteiger partial charge < -0.3 is 4.57 Å². The third-order valence-corrected chi connectivity index (χ3v) is 1.94. The van der Waals surface area contributed by atoms with Crippen LogP contribution in [-0.4, -0.2) is 9.55 Å². The molecule has 16 heavy (non-hydrogen) atoms. The first-order chi connectivity index (χ1) is 7.74. The van der Waals surface area contributed by atoms with Crippen molar-refractivity contribution in [2.45, 2.75) is 48.0 Å². The molecule has 0 aliphatic carbocycles. The molecule has 0 fully saturated rings. The summed E-state index contributed by atoms with van der Waals surface area (Å²) in [5, 5.41) is 0. The maximum atomic E-state index is 4.34. The van der Waals surface area contributed by atoms with E-state index in [9.17, 15) is 0 Å². The van der Waals surface area contributed by atoms with Gasteiger partial charge in [0.25, 0.3) is 0 Å². The Kier molecular flexibility index (Phi) is 10.9. The summed E-state index contributed by atoms with van der Waals surface area (Å²) in [6.45, 7) is 19.5. The average Bonchev–Trinajstić information content (AvgIpc) is 2.69. The molecule has 1 aromatic heterocycles. The van der Waals surface area contributed by atoms with E-state index in [1.165, 1.54) is 5.69 Å². The van der Waals surface area contributed by atoms with E-state index in [-0.39, 0.29) is 0 Å². The van der Waals surface area contributed by atoms with E-state index in [1.807, 2.05) is 39.2 Å². The second-order valence-electron chi connectivity index (χ2n) is 2.61. The molecule has 1 heterocycles. The highest BCUT2D eigenvalue weighted by atomic mass is 15.1. The van der Waals surface area contributed by atoms with Crippen LogP contribution >= 0.6 is 0 Å². The van der Waals surface area contributed by atoms with Crippen molar-refractivity contribution in [1.29, 1.82) is 0 Å². The Balaban J connectivity index is 0. The average molecular weight is 222 g/mol. The SMILES string of the molecule is C=Cc1nc(C)c(CC)n1C=C.CC.CC. The monoisotopic (exact) mass is 222 g/mol. The van der Waals surface area contributed by atoms with Crippen molar-refractivity contribution in [2.75, 3.05) is 0 Å². The van der Waals surface area contributed by atoms with Gasteiger partial charge in [0.05, 0.1) is 5.69 Å². The molecule has 2 nitrogen and oxygen atoms in total.